The van der Waals surface area contributed by atoms with Crippen LogP contribution in [0.4, 0.5) is 0 Å². The Kier molecular flexibility index (Phi) is 6.49. The van der Waals surface area contributed by atoms with E-state index in [9.17, 15) is 0 Å². The van der Waals surface area contributed by atoms with E-state index in [1.807, 2.05) is 0 Å². The molecule has 0 spiro atoms. The smallest absolute Gasteiger partial charge is 0.0730 e. The van der Waals surface area contributed by atoms with Gasteiger partial charge in [0.25, 0.3) is 0 Å². The van der Waals surface area contributed by atoms with Crippen molar-refractivity contribution in [1.82, 2.24) is 14.1 Å². The van der Waals surface area contributed by atoms with Crippen LogP contribution in [0.5, 0.6) is 0 Å². The van der Waals surface area contributed by atoms with Crippen LogP contribution in [0.3, 0.4) is 0 Å². The summed E-state index contributed by atoms with van der Waals surface area (Å²) in [7, 11) is 0. The van der Waals surface area contributed by atoms with Crippen molar-refractivity contribution >= 4 is 43.6 Å². The highest BCUT2D eigenvalue weighted by atomic mass is 15.0. The van der Waals surface area contributed by atoms with Crippen LogP contribution in [0.1, 0.15) is 0 Å². The quantitative estimate of drug-likeness (QED) is 0.184. The van der Waals surface area contributed by atoms with Crippen LogP contribution >= 0.6 is 0 Å². The highest BCUT2D eigenvalue weighted by Crippen LogP contribution is 2.40. The molecule has 3 aromatic heterocycles. The average molecular weight is 638 g/mol. The second-order valence-electron chi connectivity index (χ2n) is 12.8. The van der Waals surface area contributed by atoms with Gasteiger partial charge in [0, 0.05) is 49.6 Å². The second-order valence-corrected chi connectivity index (χ2v) is 12.8. The molecule has 0 saturated carbocycles. The maximum absolute atomic E-state index is 5.35. The summed E-state index contributed by atoms with van der Waals surface area (Å²) in [4.78, 5) is 5.35. The third kappa shape index (κ3) is 4.41. The van der Waals surface area contributed by atoms with Crippen molar-refractivity contribution < 1.29 is 0 Å². The molecular formula is C47H31N3. The van der Waals surface area contributed by atoms with Gasteiger partial charge in [-0.2, -0.15) is 0 Å². The summed E-state index contributed by atoms with van der Waals surface area (Å²) in [6.45, 7) is 0. The van der Waals surface area contributed by atoms with Gasteiger partial charge in [0.15, 0.2) is 0 Å². The van der Waals surface area contributed by atoms with E-state index in [0.717, 1.165) is 39.5 Å². The fraction of sp³-hybridized carbons (Fsp3) is 0. The zero-order valence-corrected chi connectivity index (χ0v) is 27.2. The Hall–Kier alpha value is -6.71. The lowest BCUT2D eigenvalue weighted by Crippen LogP contribution is -1.96. The van der Waals surface area contributed by atoms with Gasteiger partial charge in [-0.25, -0.2) is 4.98 Å². The van der Waals surface area contributed by atoms with Crippen LogP contribution in [0.25, 0.3) is 88.6 Å². The first kappa shape index (κ1) is 28.3. The molecule has 0 aliphatic heterocycles. The van der Waals surface area contributed by atoms with Crippen molar-refractivity contribution in [3.8, 4) is 45.0 Å². The number of aromatic nitrogens is 3. The van der Waals surface area contributed by atoms with Gasteiger partial charge in [-0.15, -0.1) is 0 Å². The molecule has 0 unspecified atom stereocenters. The molecule has 7 aromatic carbocycles. The summed E-state index contributed by atoms with van der Waals surface area (Å²) in [6.07, 6.45) is 0. The molecule has 3 heterocycles. The van der Waals surface area contributed by atoms with E-state index < -0.39 is 0 Å². The molecule has 0 amide bonds. The molecule has 10 rings (SSSR count). The van der Waals surface area contributed by atoms with Crippen LogP contribution in [0, 0.1) is 0 Å². The van der Waals surface area contributed by atoms with Crippen LogP contribution in [-0.4, -0.2) is 14.1 Å². The Morgan fingerprint density at radius 2 is 0.780 bits per heavy atom. The second kappa shape index (κ2) is 11.5. The van der Waals surface area contributed by atoms with Gasteiger partial charge in [0.2, 0.25) is 0 Å². The van der Waals surface area contributed by atoms with Crippen LogP contribution in [0.15, 0.2) is 188 Å². The van der Waals surface area contributed by atoms with Crippen LogP contribution in [-0.2, 0) is 0 Å². The van der Waals surface area contributed by atoms with Gasteiger partial charge < -0.3 is 9.13 Å². The number of hydrogen-bond acceptors (Lipinski definition) is 1. The molecule has 0 fully saturated rings. The van der Waals surface area contributed by atoms with Gasteiger partial charge in [0.1, 0.15) is 0 Å². The van der Waals surface area contributed by atoms with Crippen LogP contribution < -0.4 is 0 Å². The van der Waals surface area contributed by atoms with Gasteiger partial charge >= 0.3 is 0 Å². The number of rotatable bonds is 5. The minimum Gasteiger partial charge on any atom is -0.309 e. The summed E-state index contributed by atoms with van der Waals surface area (Å²) >= 11 is 0. The summed E-state index contributed by atoms with van der Waals surface area (Å²) in [5.74, 6) is 0. The molecule has 3 heteroatoms. The zero-order valence-electron chi connectivity index (χ0n) is 27.2. The predicted molar refractivity (Wildman–Crippen MR) is 209 cm³/mol. The van der Waals surface area contributed by atoms with Gasteiger partial charge in [-0.1, -0.05) is 133 Å². The highest BCUT2D eigenvalue weighted by Gasteiger charge is 2.19. The van der Waals surface area contributed by atoms with Crippen molar-refractivity contribution in [1.29, 1.82) is 0 Å². The normalized spacial score (nSPS) is 11.6. The lowest BCUT2D eigenvalue weighted by atomic mass is 9.98. The van der Waals surface area contributed by atoms with Crippen molar-refractivity contribution in [2.24, 2.45) is 0 Å². The molecule has 0 atom stereocenters. The van der Waals surface area contributed by atoms with Crippen molar-refractivity contribution in [3.05, 3.63) is 188 Å². The molecule has 10 aromatic rings. The predicted octanol–water partition coefficient (Wildman–Crippen LogP) is 12.3. The molecule has 0 saturated heterocycles. The molecule has 234 valence electrons. The van der Waals surface area contributed by atoms with E-state index in [2.05, 4.69) is 197 Å². The Morgan fingerprint density at radius 3 is 1.42 bits per heavy atom. The van der Waals surface area contributed by atoms with Gasteiger partial charge in [-0.05, 0) is 60.2 Å². The first-order chi connectivity index (χ1) is 24.8. The first-order valence-corrected chi connectivity index (χ1v) is 17.1. The Bertz CT molecular complexity index is 2660. The molecule has 0 bridgehead atoms. The zero-order chi connectivity index (χ0) is 33.0. The molecule has 0 aliphatic carbocycles. The number of nitrogens with zero attached hydrogens (tertiary/aromatic N) is 3. The largest absolute Gasteiger partial charge is 0.309 e. The molecule has 0 N–H and O–H groups in total. The SMILES string of the molecule is c1ccc(-n2c3ccccc3c3cccc(-c4cccc(-c5cccc(-c6cccc7c8ccccc8n(-c8ccccc8)c67)n5)c4)c32)cc1. The van der Waals surface area contributed by atoms with E-state index >= 15 is 0 Å². The van der Waals surface area contributed by atoms with Crippen molar-refractivity contribution in [2.75, 3.05) is 0 Å². The van der Waals surface area contributed by atoms with Crippen molar-refractivity contribution in [3.63, 3.8) is 0 Å². The number of pyridine rings is 1. The number of benzene rings is 7. The maximum Gasteiger partial charge on any atom is 0.0730 e. The minimum absolute atomic E-state index is 0.944. The molecule has 50 heavy (non-hydrogen) atoms. The minimum atomic E-state index is 0.944. The lowest BCUT2D eigenvalue weighted by molar-refractivity contribution is 1.18. The topological polar surface area (TPSA) is 22.8 Å². The van der Waals surface area contributed by atoms with E-state index in [1.54, 1.807) is 0 Å². The van der Waals surface area contributed by atoms with E-state index in [4.69, 9.17) is 4.98 Å². The van der Waals surface area contributed by atoms with Crippen molar-refractivity contribution in [2.45, 2.75) is 0 Å². The average Bonchev–Trinajstić information content (AvgIpc) is 3.72. The third-order valence-electron chi connectivity index (χ3n) is 9.91. The molecule has 0 aliphatic rings. The maximum atomic E-state index is 5.35. The van der Waals surface area contributed by atoms with Gasteiger partial charge in [-0.3, -0.25) is 0 Å². The fourth-order valence-electron chi connectivity index (χ4n) is 7.76. The summed E-state index contributed by atoms with van der Waals surface area (Å²) in [6, 6.07) is 67.1. The van der Waals surface area contributed by atoms with E-state index in [0.29, 0.717) is 0 Å². The lowest BCUT2D eigenvalue weighted by Gasteiger charge is -2.13. The first-order valence-electron chi connectivity index (χ1n) is 17.1. The van der Waals surface area contributed by atoms with Gasteiger partial charge in [0.05, 0.1) is 33.5 Å². The van der Waals surface area contributed by atoms with Crippen LogP contribution in [0.2, 0.25) is 0 Å². The number of para-hydroxylation sites is 6. The standard InChI is InChI=1S/C47H31N3/c1-3-17-34(18-4-1)49-44-29-9-7-21-37(44)39-24-12-23-36(46(39)49)32-15-11-16-33(31-32)42-27-14-28-43(48-42)41-26-13-25-40-38-22-8-10-30-45(38)50(47(40)41)35-19-5-2-6-20-35/h1-31H. The molecule has 3 nitrogen and oxygen atoms in total. The Labute approximate surface area is 290 Å². The Morgan fingerprint density at radius 1 is 0.320 bits per heavy atom. The van der Waals surface area contributed by atoms with E-state index in [1.165, 1.54) is 49.2 Å². The number of hydrogen-bond donors (Lipinski definition) is 0. The molecule has 0 radical (unpaired) electrons. The summed E-state index contributed by atoms with van der Waals surface area (Å²) < 4.78 is 4.78. The number of fused-ring (bicyclic) bond motifs is 6. The molecular weight excluding hydrogens is 607 g/mol. The highest BCUT2D eigenvalue weighted by molar-refractivity contribution is 6.15. The Balaban J connectivity index is 1.15. The summed E-state index contributed by atoms with van der Waals surface area (Å²) in [5, 5.41) is 4.95. The summed E-state index contributed by atoms with van der Waals surface area (Å²) in [5.41, 5.74) is 13.5. The fourth-order valence-corrected chi connectivity index (χ4v) is 7.76. The monoisotopic (exact) mass is 637 g/mol. The third-order valence-corrected chi connectivity index (χ3v) is 9.91. The van der Waals surface area contributed by atoms with E-state index in [-0.39, 0.29) is 0 Å².